The smallest absolute Gasteiger partial charge is 0.336 e. The van der Waals surface area contributed by atoms with E-state index in [-0.39, 0.29) is 0 Å². The van der Waals surface area contributed by atoms with Crippen LogP contribution in [0.3, 0.4) is 0 Å². The Morgan fingerprint density at radius 1 is 1.36 bits per heavy atom. The third kappa shape index (κ3) is 1.23. The summed E-state index contributed by atoms with van der Waals surface area (Å²) in [6.07, 6.45) is 1.59. The Bertz CT molecular complexity index is 506. The number of carboxylic acids is 1. The average Bonchev–Trinajstić information content (AvgIpc) is 2.17. The Hall–Kier alpha value is -1.90. The molecule has 0 atom stereocenters. The molecule has 0 aliphatic rings. The number of aromatic carboxylic acids is 1. The van der Waals surface area contributed by atoms with Gasteiger partial charge in [-0.1, -0.05) is 18.2 Å². The predicted molar refractivity (Wildman–Crippen MR) is 53.4 cm³/mol. The van der Waals surface area contributed by atoms with E-state index >= 15 is 0 Å². The number of aromatic nitrogens is 1. The van der Waals surface area contributed by atoms with Gasteiger partial charge in [-0.15, -0.1) is 0 Å². The quantitative estimate of drug-likeness (QED) is 0.744. The zero-order valence-corrected chi connectivity index (χ0v) is 7.69. The summed E-state index contributed by atoms with van der Waals surface area (Å²) in [7, 11) is 0. The van der Waals surface area contributed by atoms with Crippen molar-refractivity contribution in [2.45, 2.75) is 6.92 Å². The molecule has 0 unspecified atom stereocenters. The van der Waals surface area contributed by atoms with Gasteiger partial charge < -0.3 is 5.11 Å². The number of nitrogens with zero attached hydrogens (tertiary/aromatic N) is 1. The largest absolute Gasteiger partial charge is 0.478 e. The molecule has 0 aliphatic heterocycles. The van der Waals surface area contributed by atoms with Gasteiger partial charge in [0, 0.05) is 11.6 Å². The SMILES string of the molecule is Cc1cnc2ccccc2c1C(=O)O. The molecule has 3 heteroatoms. The average molecular weight is 187 g/mol. The van der Waals surface area contributed by atoms with E-state index in [4.69, 9.17) is 5.11 Å². The van der Waals surface area contributed by atoms with Crippen LogP contribution in [-0.2, 0) is 0 Å². The second-order valence-electron chi connectivity index (χ2n) is 3.14. The molecule has 1 heterocycles. The first-order valence-corrected chi connectivity index (χ1v) is 4.28. The number of pyridine rings is 1. The third-order valence-corrected chi connectivity index (χ3v) is 2.18. The highest BCUT2D eigenvalue weighted by Crippen LogP contribution is 2.19. The summed E-state index contributed by atoms with van der Waals surface area (Å²) in [6, 6.07) is 7.24. The molecular formula is C11H9NO2. The molecule has 0 radical (unpaired) electrons. The lowest BCUT2D eigenvalue weighted by Crippen LogP contribution is -2.01. The van der Waals surface area contributed by atoms with Crippen molar-refractivity contribution in [3.63, 3.8) is 0 Å². The van der Waals surface area contributed by atoms with Crippen molar-refractivity contribution in [2.24, 2.45) is 0 Å². The van der Waals surface area contributed by atoms with Gasteiger partial charge in [-0.05, 0) is 18.6 Å². The van der Waals surface area contributed by atoms with E-state index in [0.29, 0.717) is 16.5 Å². The second kappa shape index (κ2) is 3.10. The lowest BCUT2D eigenvalue weighted by Gasteiger charge is -2.04. The fourth-order valence-corrected chi connectivity index (χ4v) is 1.52. The standard InChI is InChI=1S/C11H9NO2/c1-7-6-12-9-5-3-2-4-8(9)10(7)11(13)14/h2-6H,1H3,(H,13,14). The van der Waals surface area contributed by atoms with Crippen molar-refractivity contribution in [1.29, 1.82) is 0 Å². The summed E-state index contributed by atoms with van der Waals surface area (Å²) < 4.78 is 0. The van der Waals surface area contributed by atoms with Gasteiger partial charge >= 0.3 is 5.97 Å². The van der Waals surface area contributed by atoms with Crippen LogP contribution in [0.5, 0.6) is 0 Å². The fourth-order valence-electron chi connectivity index (χ4n) is 1.52. The van der Waals surface area contributed by atoms with E-state index in [0.717, 1.165) is 5.52 Å². The van der Waals surface area contributed by atoms with E-state index in [2.05, 4.69) is 4.98 Å². The van der Waals surface area contributed by atoms with E-state index in [1.54, 1.807) is 25.3 Å². The molecule has 0 aliphatic carbocycles. The highest BCUT2D eigenvalue weighted by Gasteiger charge is 2.11. The topological polar surface area (TPSA) is 50.2 Å². The van der Waals surface area contributed by atoms with Crippen LogP contribution in [-0.4, -0.2) is 16.1 Å². The first-order chi connectivity index (χ1) is 6.70. The molecular weight excluding hydrogens is 178 g/mol. The maximum Gasteiger partial charge on any atom is 0.336 e. The number of fused-ring (bicyclic) bond motifs is 1. The van der Waals surface area contributed by atoms with E-state index < -0.39 is 5.97 Å². The molecule has 70 valence electrons. The van der Waals surface area contributed by atoms with Gasteiger partial charge in [0.25, 0.3) is 0 Å². The molecule has 0 saturated heterocycles. The Morgan fingerprint density at radius 3 is 2.79 bits per heavy atom. The minimum absolute atomic E-state index is 0.343. The lowest BCUT2D eigenvalue weighted by atomic mass is 10.1. The summed E-state index contributed by atoms with van der Waals surface area (Å²) in [5, 5.41) is 9.73. The Kier molecular flexibility index (Phi) is 1.93. The van der Waals surface area contributed by atoms with Crippen LogP contribution in [0.25, 0.3) is 10.9 Å². The summed E-state index contributed by atoms with van der Waals surface area (Å²) in [6.45, 7) is 1.75. The zero-order chi connectivity index (χ0) is 10.1. The molecule has 0 fully saturated rings. The predicted octanol–water partition coefficient (Wildman–Crippen LogP) is 2.24. The number of hydrogen-bond donors (Lipinski definition) is 1. The number of aryl methyl sites for hydroxylation is 1. The van der Waals surface area contributed by atoms with Gasteiger partial charge in [0.1, 0.15) is 0 Å². The van der Waals surface area contributed by atoms with Gasteiger partial charge in [-0.2, -0.15) is 0 Å². The molecule has 1 aromatic carbocycles. The molecule has 3 nitrogen and oxygen atoms in total. The molecule has 1 aromatic heterocycles. The highest BCUT2D eigenvalue weighted by atomic mass is 16.4. The molecule has 0 bridgehead atoms. The van der Waals surface area contributed by atoms with Crippen LogP contribution < -0.4 is 0 Å². The van der Waals surface area contributed by atoms with Gasteiger partial charge in [0.05, 0.1) is 11.1 Å². The first kappa shape index (κ1) is 8.69. The number of benzene rings is 1. The van der Waals surface area contributed by atoms with Crippen molar-refractivity contribution in [3.8, 4) is 0 Å². The highest BCUT2D eigenvalue weighted by molar-refractivity contribution is 6.03. The molecule has 14 heavy (non-hydrogen) atoms. The first-order valence-electron chi connectivity index (χ1n) is 4.28. The fraction of sp³-hybridized carbons (Fsp3) is 0.0909. The van der Waals surface area contributed by atoms with Gasteiger partial charge in [-0.3, -0.25) is 4.98 Å². The van der Waals surface area contributed by atoms with Gasteiger partial charge in [0.15, 0.2) is 0 Å². The molecule has 2 aromatic rings. The molecule has 1 N–H and O–H groups in total. The molecule has 2 rings (SSSR count). The monoisotopic (exact) mass is 187 g/mol. The number of rotatable bonds is 1. The van der Waals surface area contributed by atoms with Crippen molar-refractivity contribution in [2.75, 3.05) is 0 Å². The molecule has 0 spiro atoms. The van der Waals surface area contributed by atoms with Crippen LogP contribution in [0.4, 0.5) is 0 Å². The van der Waals surface area contributed by atoms with E-state index in [1.165, 1.54) is 0 Å². The van der Waals surface area contributed by atoms with E-state index in [1.807, 2.05) is 12.1 Å². The van der Waals surface area contributed by atoms with E-state index in [9.17, 15) is 4.79 Å². The Morgan fingerprint density at radius 2 is 2.07 bits per heavy atom. The van der Waals surface area contributed by atoms with Gasteiger partial charge in [0.2, 0.25) is 0 Å². The Labute approximate surface area is 81.0 Å². The summed E-state index contributed by atoms with van der Waals surface area (Å²) in [5.41, 5.74) is 1.75. The van der Waals surface area contributed by atoms with Crippen molar-refractivity contribution in [1.82, 2.24) is 4.98 Å². The van der Waals surface area contributed by atoms with Gasteiger partial charge in [-0.25, -0.2) is 4.79 Å². The maximum atomic E-state index is 11.0. The van der Waals surface area contributed by atoms with Crippen molar-refractivity contribution >= 4 is 16.9 Å². The number of carboxylic acid groups (broad SMARTS) is 1. The number of para-hydroxylation sites is 1. The molecule has 0 saturated carbocycles. The maximum absolute atomic E-state index is 11.0. The lowest BCUT2D eigenvalue weighted by molar-refractivity contribution is 0.0698. The zero-order valence-electron chi connectivity index (χ0n) is 7.69. The van der Waals surface area contributed by atoms with Crippen molar-refractivity contribution < 1.29 is 9.90 Å². The normalized spacial score (nSPS) is 10.4. The minimum atomic E-state index is -0.902. The Balaban J connectivity index is 2.90. The van der Waals surface area contributed by atoms with Crippen LogP contribution in [0.2, 0.25) is 0 Å². The minimum Gasteiger partial charge on any atom is -0.478 e. The summed E-state index contributed by atoms with van der Waals surface area (Å²) >= 11 is 0. The second-order valence-corrected chi connectivity index (χ2v) is 3.14. The summed E-state index contributed by atoms with van der Waals surface area (Å²) in [4.78, 5) is 15.2. The van der Waals surface area contributed by atoms with Crippen molar-refractivity contribution in [3.05, 3.63) is 41.6 Å². The molecule has 0 amide bonds. The van der Waals surface area contributed by atoms with Crippen LogP contribution in [0, 0.1) is 6.92 Å². The number of carbonyl (C=O) groups is 1. The van der Waals surface area contributed by atoms with Crippen LogP contribution in [0.15, 0.2) is 30.5 Å². The summed E-state index contributed by atoms with van der Waals surface area (Å²) in [5.74, 6) is -0.902. The third-order valence-electron chi connectivity index (χ3n) is 2.18. The number of hydrogen-bond acceptors (Lipinski definition) is 2. The van der Waals surface area contributed by atoms with Crippen LogP contribution in [0.1, 0.15) is 15.9 Å². The van der Waals surface area contributed by atoms with Crippen LogP contribution >= 0.6 is 0 Å².